The summed E-state index contributed by atoms with van der Waals surface area (Å²) in [5.74, 6) is 0. The van der Waals surface area contributed by atoms with Crippen LogP contribution in [0.25, 0.3) is 22.1 Å². The summed E-state index contributed by atoms with van der Waals surface area (Å²) in [4.78, 5) is 18.1. The molecule has 0 N–H and O–H groups in total. The first-order chi connectivity index (χ1) is 10.6. The van der Waals surface area contributed by atoms with Gasteiger partial charge in [0.05, 0.1) is 15.6 Å². The number of aryl methyl sites for hydroxylation is 2. The second kappa shape index (κ2) is 4.78. The molecule has 3 nitrogen and oxygen atoms in total. The van der Waals surface area contributed by atoms with Gasteiger partial charge in [-0.1, -0.05) is 47.7 Å². The van der Waals surface area contributed by atoms with Crippen molar-refractivity contribution in [2.75, 3.05) is 0 Å². The van der Waals surface area contributed by atoms with Crippen molar-refractivity contribution in [2.24, 2.45) is 0 Å². The van der Waals surface area contributed by atoms with Crippen LogP contribution < -0.4 is 10.1 Å². The molecule has 4 rings (SSSR count). The van der Waals surface area contributed by atoms with Crippen molar-refractivity contribution in [1.29, 1.82) is 0 Å². The van der Waals surface area contributed by atoms with E-state index in [1.54, 1.807) is 4.40 Å². The zero-order valence-corrected chi connectivity index (χ0v) is 13.1. The quantitative estimate of drug-likeness (QED) is 0.541. The molecule has 2 heterocycles. The van der Waals surface area contributed by atoms with E-state index in [4.69, 9.17) is 0 Å². The van der Waals surface area contributed by atoms with E-state index < -0.39 is 0 Å². The van der Waals surface area contributed by atoms with Crippen molar-refractivity contribution < 1.29 is 0 Å². The molecule has 4 aromatic rings. The highest BCUT2D eigenvalue weighted by atomic mass is 32.1. The molecular weight excluding hydrogens is 292 g/mol. The van der Waals surface area contributed by atoms with Crippen LogP contribution in [0.1, 0.15) is 16.7 Å². The lowest BCUT2D eigenvalue weighted by Crippen LogP contribution is -2.22. The van der Waals surface area contributed by atoms with Crippen molar-refractivity contribution in [3.8, 4) is 0 Å². The van der Waals surface area contributed by atoms with Crippen LogP contribution in [-0.2, 0) is 0 Å². The summed E-state index contributed by atoms with van der Waals surface area (Å²) in [6.07, 6.45) is 1.93. The molecule has 22 heavy (non-hydrogen) atoms. The van der Waals surface area contributed by atoms with Gasteiger partial charge in [0.1, 0.15) is 0 Å². The van der Waals surface area contributed by atoms with Gasteiger partial charge in [-0.2, -0.15) is 0 Å². The van der Waals surface area contributed by atoms with Crippen molar-refractivity contribution in [2.45, 2.75) is 13.8 Å². The second-order valence-corrected chi connectivity index (χ2v) is 6.51. The van der Waals surface area contributed by atoms with E-state index in [0.717, 1.165) is 37.2 Å². The lowest BCUT2D eigenvalue weighted by atomic mass is 10.1. The van der Waals surface area contributed by atoms with Gasteiger partial charge in [-0.25, -0.2) is 9.38 Å². The molecule has 0 amide bonds. The van der Waals surface area contributed by atoms with Crippen molar-refractivity contribution in [3.63, 3.8) is 0 Å². The average molecular weight is 306 g/mol. The Morgan fingerprint density at radius 3 is 2.68 bits per heavy atom. The molecule has 108 valence electrons. The molecule has 0 aliphatic rings. The molecule has 0 aliphatic carbocycles. The van der Waals surface area contributed by atoms with Gasteiger partial charge >= 0.3 is 0 Å². The minimum Gasteiger partial charge on any atom is -0.267 e. The van der Waals surface area contributed by atoms with Crippen LogP contribution in [0.3, 0.4) is 0 Å². The molecule has 0 aliphatic heterocycles. The smallest absolute Gasteiger partial charge is 0.267 e. The SMILES string of the molecule is Cc1cc(C)c2nc3s/c(=C\c4ccccc4)c(=O)n3c2c1. The predicted octanol–water partition coefficient (Wildman–Crippen LogP) is 3.07. The van der Waals surface area contributed by atoms with Gasteiger partial charge in [0, 0.05) is 0 Å². The monoisotopic (exact) mass is 306 g/mol. The number of imidazole rings is 1. The summed E-state index contributed by atoms with van der Waals surface area (Å²) in [5.41, 5.74) is 5.11. The van der Waals surface area contributed by atoms with Gasteiger partial charge < -0.3 is 0 Å². The molecule has 0 bridgehead atoms. The highest BCUT2D eigenvalue weighted by molar-refractivity contribution is 7.15. The number of fused-ring (bicyclic) bond motifs is 3. The first-order valence-corrected chi connectivity index (χ1v) is 7.94. The standard InChI is InChI=1S/C18H14N2OS/c1-11-8-12(2)16-14(9-11)20-17(21)15(22-18(20)19-16)10-13-6-4-3-5-7-13/h3-10H,1-2H3/b15-10-. The van der Waals surface area contributed by atoms with Crippen molar-refractivity contribution >= 4 is 33.4 Å². The molecule has 2 aromatic heterocycles. The van der Waals surface area contributed by atoms with Crippen LogP contribution in [0.15, 0.2) is 47.3 Å². The maximum Gasteiger partial charge on any atom is 0.274 e. The Labute approximate surface area is 131 Å². The molecule has 0 saturated carbocycles. The maximum absolute atomic E-state index is 12.7. The van der Waals surface area contributed by atoms with Gasteiger partial charge in [-0.15, -0.1) is 0 Å². The number of benzene rings is 2. The second-order valence-electron chi connectivity index (χ2n) is 5.51. The van der Waals surface area contributed by atoms with E-state index in [1.807, 2.05) is 56.3 Å². The Morgan fingerprint density at radius 1 is 1.14 bits per heavy atom. The third-order valence-corrected chi connectivity index (χ3v) is 4.75. The van der Waals surface area contributed by atoms with E-state index in [1.165, 1.54) is 11.3 Å². The summed E-state index contributed by atoms with van der Waals surface area (Å²) >= 11 is 1.44. The molecule has 0 fully saturated rings. The van der Waals surface area contributed by atoms with Gasteiger partial charge in [-0.3, -0.25) is 4.79 Å². The molecule has 0 atom stereocenters. The van der Waals surface area contributed by atoms with E-state index >= 15 is 0 Å². The Bertz CT molecular complexity index is 1110. The summed E-state index contributed by atoms with van der Waals surface area (Å²) in [6.45, 7) is 4.08. The largest absolute Gasteiger partial charge is 0.274 e. The van der Waals surface area contributed by atoms with Gasteiger partial charge in [0.15, 0.2) is 4.96 Å². The predicted molar refractivity (Wildman–Crippen MR) is 91.5 cm³/mol. The fourth-order valence-electron chi connectivity index (χ4n) is 2.81. The van der Waals surface area contributed by atoms with Crippen LogP contribution in [0, 0.1) is 13.8 Å². The van der Waals surface area contributed by atoms with Gasteiger partial charge in [-0.05, 0) is 42.7 Å². The van der Waals surface area contributed by atoms with Crippen molar-refractivity contribution in [3.05, 3.63) is 74.0 Å². The van der Waals surface area contributed by atoms with Crippen LogP contribution >= 0.6 is 11.3 Å². The van der Waals surface area contributed by atoms with Crippen molar-refractivity contribution in [1.82, 2.24) is 9.38 Å². The number of hydrogen-bond acceptors (Lipinski definition) is 3. The van der Waals surface area contributed by atoms with Crippen LogP contribution in [0.2, 0.25) is 0 Å². The zero-order valence-electron chi connectivity index (χ0n) is 12.3. The number of aromatic nitrogens is 2. The van der Waals surface area contributed by atoms with Gasteiger partial charge in [0.25, 0.3) is 5.56 Å². The van der Waals surface area contributed by atoms with E-state index in [0.29, 0.717) is 0 Å². The summed E-state index contributed by atoms with van der Waals surface area (Å²) in [7, 11) is 0. The lowest BCUT2D eigenvalue weighted by Gasteiger charge is -1.97. The minimum atomic E-state index is 0.0105. The number of nitrogens with zero attached hydrogens (tertiary/aromatic N) is 2. The molecule has 0 saturated heterocycles. The third kappa shape index (κ3) is 1.96. The Kier molecular flexibility index (Phi) is 2.87. The first-order valence-electron chi connectivity index (χ1n) is 7.12. The molecule has 0 spiro atoms. The van der Waals surface area contributed by atoms with E-state index in [9.17, 15) is 4.79 Å². The Balaban J connectivity index is 2.07. The van der Waals surface area contributed by atoms with E-state index in [-0.39, 0.29) is 5.56 Å². The fraction of sp³-hybridized carbons (Fsp3) is 0.111. The number of rotatable bonds is 1. The van der Waals surface area contributed by atoms with Crippen LogP contribution in [0.5, 0.6) is 0 Å². The molecule has 0 radical (unpaired) electrons. The van der Waals surface area contributed by atoms with Crippen LogP contribution in [-0.4, -0.2) is 9.38 Å². The maximum atomic E-state index is 12.7. The fourth-order valence-corrected chi connectivity index (χ4v) is 3.79. The number of thiazole rings is 1. The van der Waals surface area contributed by atoms with Crippen LogP contribution in [0.4, 0.5) is 0 Å². The molecule has 0 unspecified atom stereocenters. The summed E-state index contributed by atoms with van der Waals surface area (Å²) in [6, 6.07) is 14.0. The van der Waals surface area contributed by atoms with E-state index in [2.05, 4.69) is 11.1 Å². The lowest BCUT2D eigenvalue weighted by molar-refractivity contribution is 1.18. The topological polar surface area (TPSA) is 34.4 Å². The minimum absolute atomic E-state index is 0.0105. The Hall–Kier alpha value is -2.46. The highest BCUT2D eigenvalue weighted by Gasteiger charge is 2.13. The average Bonchev–Trinajstić information content (AvgIpc) is 2.99. The normalized spacial score (nSPS) is 12.5. The summed E-state index contributed by atoms with van der Waals surface area (Å²) < 4.78 is 2.45. The zero-order chi connectivity index (χ0) is 15.3. The first kappa shape index (κ1) is 13.2. The molecule has 2 aromatic carbocycles. The highest BCUT2D eigenvalue weighted by Crippen LogP contribution is 2.21. The molecular formula is C18H14N2OS. The summed E-state index contributed by atoms with van der Waals surface area (Å²) in [5, 5.41) is 0. The molecule has 4 heteroatoms. The van der Waals surface area contributed by atoms with Gasteiger partial charge in [0.2, 0.25) is 0 Å². The third-order valence-electron chi connectivity index (χ3n) is 3.78. The Morgan fingerprint density at radius 2 is 1.91 bits per heavy atom. The number of hydrogen-bond donors (Lipinski definition) is 0.